The zero-order valence-electron chi connectivity index (χ0n) is 33.3. The summed E-state index contributed by atoms with van der Waals surface area (Å²) in [7, 11) is 0. The Labute approximate surface area is 347 Å². The summed E-state index contributed by atoms with van der Waals surface area (Å²) in [5.41, 5.74) is 20.7. The first kappa shape index (κ1) is 35.0. The van der Waals surface area contributed by atoms with Crippen LogP contribution in [0.25, 0.3) is 44.5 Å². The van der Waals surface area contributed by atoms with Gasteiger partial charge in [0.15, 0.2) is 0 Å². The largest absolute Gasteiger partial charge is 0.310 e. The van der Waals surface area contributed by atoms with E-state index < -0.39 is 5.41 Å². The fourth-order valence-electron chi connectivity index (χ4n) is 10.3. The number of fused-ring (bicyclic) bond motifs is 6. The smallest absolute Gasteiger partial charge is 0.0714 e. The first-order valence-electron chi connectivity index (χ1n) is 20.7. The summed E-state index contributed by atoms with van der Waals surface area (Å²) in [6, 6.07) is 82.9. The molecule has 280 valence electrons. The van der Waals surface area contributed by atoms with E-state index in [1.165, 1.54) is 77.9 Å². The van der Waals surface area contributed by atoms with Crippen molar-refractivity contribution < 1.29 is 0 Å². The Morgan fingerprint density at radius 2 is 0.831 bits per heavy atom. The second-order valence-electron chi connectivity index (χ2n) is 16.4. The van der Waals surface area contributed by atoms with Crippen LogP contribution in [0.4, 0.5) is 17.1 Å². The number of hydrogen-bond donors (Lipinski definition) is 0. The van der Waals surface area contributed by atoms with Gasteiger partial charge in [-0.15, -0.1) is 0 Å². The van der Waals surface area contributed by atoms with E-state index in [2.05, 4.69) is 243 Å². The molecule has 2 aliphatic carbocycles. The third-order valence-corrected chi connectivity index (χ3v) is 13.0. The van der Waals surface area contributed by atoms with Crippen LogP contribution in [0.3, 0.4) is 0 Å². The standard InChI is InChI=1S/C58H43N/c1-57(2)50-38-37-46(39-49(50)55-47(28-17-30-52(55)57)42-21-9-4-10-22-42)59(45-35-33-41(34-36-45)40-19-7-3-8-20-40)54-32-18-31-53-56(54)48-27-15-16-29-51(48)58(53,43-23-11-5-12-24-43)44-25-13-6-14-26-44/h3-39H,1-2H3. The van der Waals surface area contributed by atoms with Crippen molar-refractivity contribution in [2.24, 2.45) is 0 Å². The van der Waals surface area contributed by atoms with E-state index >= 15 is 0 Å². The molecule has 9 aromatic carbocycles. The molecule has 0 N–H and O–H groups in total. The maximum atomic E-state index is 2.51. The fourth-order valence-corrected chi connectivity index (χ4v) is 10.3. The average molecular weight is 754 g/mol. The summed E-state index contributed by atoms with van der Waals surface area (Å²) in [5, 5.41) is 0. The van der Waals surface area contributed by atoms with Gasteiger partial charge in [0.1, 0.15) is 0 Å². The van der Waals surface area contributed by atoms with Gasteiger partial charge in [0.25, 0.3) is 0 Å². The third-order valence-electron chi connectivity index (χ3n) is 13.0. The van der Waals surface area contributed by atoms with Gasteiger partial charge >= 0.3 is 0 Å². The molecule has 0 spiro atoms. The van der Waals surface area contributed by atoms with Crippen LogP contribution >= 0.6 is 0 Å². The van der Waals surface area contributed by atoms with Crippen molar-refractivity contribution in [2.75, 3.05) is 4.90 Å². The summed E-state index contributed by atoms with van der Waals surface area (Å²) in [6.45, 7) is 4.75. The van der Waals surface area contributed by atoms with E-state index in [9.17, 15) is 0 Å². The van der Waals surface area contributed by atoms with Crippen molar-refractivity contribution in [1.82, 2.24) is 0 Å². The molecule has 0 unspecified atom stereocenters. The number of hydrogen-bond acceptors (Lipinski definition) is 1. The molecule has 0 radical (unpaired) electrons. The second-order valence-corrected chi connectivity index (χ2v) is 16.4. The summed E-state index contributed by atoms with van der Waals surface area (Å²) < 4.78 is 0. The van der Waals surface area contributed by atoms with E-state index in [4.69, 9.17) is 0 Å². The quantitative estimate of drug-likeness (QED) is 0.157. The van der Waals surface area contributed by atoms with Crippen LogP contribution in [-0.4, -0.2) is 0 Å². The summed E-state index contributed by atoms with van der Waals surface area (Å²) in [4.78, 5) is 2.51. The van der Waals surface area contributed by atoms with E-state index in [-0.39, 0.29) is 5.41 Å². The molecule has 0 fully saturated rings. The lowest BCUT2D eigenvalue weighted by atomic mass is 9.68. The molecule has 0 atom stereocenters. The Kier molecular flexibility index (Phi) is 8.13. The molecule has 0 aromatic heterocycles. The predicted octanol–water partition coefficient (Wildman–Crippen LogP) is 15.2. The Bertz CT molecular complexity index is 2940. The lowest BCUT2D eigenvalue weighted by molar-refractivity contribution is 0.660. The van der Waals surface area contributed by atoms with Crippen LogP contribution in [0, 0.1) is 0 Å². The molecule has 59 heavy (non-hydrogen) atoms. The Hall–Kier alpha value is -7.22. The topological polar surface area (TPSA) is 3.24 Å². The zero-order chi connectivity index (χ0) is 39.6. The minimum Gasteiger partial charge on any atom is -0.310 e. The Morgan fingerprint density at radius 1 is 0.322 bits per heavy atom. The molecule has 0 saturated carbocycles. The summed E-state index contributed by atoms with van der Waals surface area (Å²) in [6.07, 6.45) is 0. The van der Waals surface area contributed by atoms with Crippen LogP contribution in [-0.2, 0) is 10.8 Å². The van der Waals surface area contributed by atoms with E-state index in [1.807, 2.05) is 0 Å². The SMILES string of the molecule is CC1(C)c2ccc(N(c3ccc(-c4ccccc4)cc3)c3cccc4c3-c3ccccc3C4(c3ccccc3)c3ccccc3)cc2-c2c(-c3ccccc3)cccc21. The number of benzene rings is 9. The highest BCUT2D eigenvalue weighted by Crippen LogP contribution is 2.60. The molecular formula is C58H43N. The van der Waals surface area contributed by atoms with Crippen molar-refractivity contribution >= 4 is 17.1 Å². The predicted molar refractivity (Wildman–Crippen MR) is 247 cm³/mol. The van der Waals surface area contributed by atoms with E-state index in [1.54, 1.807) is 0 Å². The lowest BCUT2D eigenvalue weighted by Crippen LogP contribution is -2.28. The number of anilines is 3. The highest BCUT2D eigenvalue weighted by molar-refractivity contribution is 5.99. The van der Waals surface area contributed by atoms with Crippen molar-refractivity contribution in [3.8, 4) is 44.5 Å². The normalized spacial score (nSPS) is 13.9. The van der Waals surface area contributed by atoms with Gasteiger partial charge in [-0.05, 0) is 103 Å². The minimum absolute atomic E-state index is 0.145. The van der Waals surface area contributed by atoms with Crippen molar-refractivity contribution in [2.45, 2.75) is 24.7 Å². The van der Waals surface area contributed by atoms with Gasteiger partial charge < -0.3 is 4.90 Å². The van der Waals surface area contributed by atoms with E-state index in [0.29, 0.717) is 0 Å². The summed E-state index contributed by atoms with van der Waals surface area (Å²) in [5.74, 6) is 0. The molecule has 0 aliphatic heterocycles. The van der Waals surface area contributed by atoms with Gasteiger partial charge in [0.2, 0.25) is 0 Å². The lowest BCUT2D eigenvalue weighted by Gasteiger charge is -2.34. The van der Waals surface area contributed by atoms with Crippen molar-refractivity contribution in [1.29, 1.82) is 0 Å². The second kappa shape index (κ2) is 13.7. The van der Waals surface area contributed by atoms with Crippen molar-refractivity contribution in [3.05, 3.63) is 258 Å². The maximum absolute atomic E-state index is 2.51. The van der Waals surface area contributed by atoms with Crippen LogP contribution in [0.2, 0.25) is 0 Å². The summed E-state index contributed by atoms with van der Waals surface area (Å²) >= 11 is 0. The molecule has 0 bridgehead atoms. The van der Waals surface area contributed by atoms with E-state index in [0.717, 1.165) is 17.1 Å². The highest BCUT2D eigenvalue weighted by Gasteiger charge is 2.47. The molecule has 11 rings (SSSR count). The van der Waals surface area contributed by atoms with Crippen LogP contribution in [0.5, 0.6) is 0 Å². The number of rotatable bonds is 7. The van der Waals surface area contributed by atoms with Crippen LogP contribution in [0.1, 0.15) is 47.2 Å². The van der Waals surface area contributed by atoms with Crippen LogP contribution in [0.15, 0.2) is 224 Å². The molecule has 1 heteroatoms. The zero-order valence-corrected chi connectivity index (χ0v) is 33.3. The highest BCUT2D eigenvalue weighted by atomic mass is 15.1. The monoisotopic (exact) mass is 753 g/mol. The first-order valence-corrected chi connectivity index (χ1v) is 20.7. The van der Waals surface area contributed by atoms with Gasteiger partial charge in [-0.1, -0.05) is 208 Å². The fraction of sp³-hybridized carbons (Fsp3) is 0.0690. The molecule has 1 nitrogen and oxygen atoms in total. The van der Waals surface area contributed by atoms with Gasteiger partial charge in [-0.2, -0.15) is 0 Å². The van der Waals surface area contributed by atoms with Gasteiger partial charge in [-0.3, -0.25) is 0 Å². The molecule has 2 aliphatic rings. The molecule has 9 aromatic rings. The van der Waals surface area contributed by atoms with Gasteiger partial charge in [0.05, 0.1) is 11.1 Å². The van der Waals surface area contributed by atoms with Crippen molar-refractivity contribution in [3.63, 3.8) is 0 Å². The molecular weight excluding hydrogens is 711 g/mol. The Morgan fingerprint density at radius 3 is 1.51 bits per heavy atom. The number of nitrogens with zero attached hydrogens (tertiary/aromatic N) is 1. The third kappa shape index (κ3) is 5.31. The Balaban J connectivity index is 1.19. The molecule has 0 saturated heterocycles. The average Bonchev–Trinajstić information content (AvgIpc) is 3.74. The minimum atomic E-state index is -0.501. The first-order chi connectivity index (χ1) is 29.0. The van der Waals surface area contributed by atoms with Crippen LogP contribution < -0.4 is 4.90 Å². The van der Waals surface area contributed by atoms with Gasteiger partial charge in [0, 0.05) is 22.4 Å². The van der Waals surface area contributed by atoms with Gasteiger partial charge in [-0.25, -0.2) is 0 Å². The molecule has 0 heterocycles. The molecule has 0 amide bonds. The maximum Gasteiger partial charge on any atom is 0.0714 e.